The molecule has 1 amide bonds. The lowest BCUT2D eigenvalue weighted by Gasteiger charge is -2.09. The number of carbonyl (C=O) groups excluding carboxylic acids is 1. The van der Waals surface area contributed by atoms with E-state index in [0.29, 0.717) is 24.8 Å². The maximum Gasteiger partial charge on any atom is 0.262 e. The van der Waals surface area contributed by atoms with Crippen molar-refractivity contribution in [1.82, 2.24) is 10.3 Å². The highest BCUT2D eigenvalue weighted by Crippen LogP contribution is 2.13. The molecule has 0 bridgehead atoms. The highest BCUT2D eigenvalue weighted by molar-refractivity contribution is 5.91. The molecule has 0 saturated heterocycles. The number of nitrogens with zero attached hydrogens (tertiary/aromatic N) is 1. The summed E-state index contributed by atoms with van der Waals surface area (Å²) in [4.78, 5) is 16.1. The molecule has 0 radical (unpaired) electrons. The van der Waals surface area contributed by atoms with Gasteiger partial charge in [0.2, 0.25) is 5.88 Å². The second-order valence-corrected chi connectivity index (χ2v) is 6.54. The minimum Gasteiger partial charge on any atom is -0.484 e. The van der Waals surface area contributed by atoms with Crippen molar-refractivity contribution in [3.05, 3.63) is 84.1 Å². The number of hydrogen-bond acceptors (Lipinski definition) is 5. The molecule has 0 aliphatic carbocycles. The summed E-state index contributed by atoms with van der Waals surface area (Å²) in [7, 11) is 0. The number of rotatable bonds is 10. The van der Waals surface area contributed by atoms with Crippen LogP contribution in [0, 0.1) is 6.92 Å². The molecule has 0 aliphatic rings. The molecular weight excluding hydrogens is 366 g/mol. The SMILES string of the molecule is Cc1ccc(NC(=O)COc2ccc(CNCCOc3ccccn3)cc2)cc1. The van der Waals surface area contributed by atoms with E-state index >= 15 is 0 Å². The average molecular weight is 391 g/mol. The molecular formula is C23H25N3O3. The summed E-state index contributed by atoms with van der Waals surface area (Å²) in [6.45, 7) is 3.96. The quantitative estimate of drug-likeness (QED) is 0.517. The zero-order valence-corrected chi connectivity index (χ0v) is 16.4. The van der Waals surface area contributed by atoms with E-state index in [1.165, 1.54) is 0 Å². The first-order chi connectivity index (χ1) is 14.2. The third kappa shape index (κ3) is 7.27. The lowest BCUT2D eigenvalue weighted by Crippen LogP contribution is -2.21. The van der Waals surface area contributed by atoms with Crippen LogP contribution in [0.5, 0.6) is 11.6 Å². The predicted octanol–water partition coefficient (Wildman–Crippen LogP) is 3.58. The van der Waals surface area contributed by atoms with Crippen molar-refractivity contribution in [2.45, 2.75) is 13.5 Å². The van der Waals surface area contributed by atoms with Crippen LogP contribution in [0.2, 0.25) is 0 Å². The first-order valence-corrected chi connectivity index (χ1v) is 9.52. The van der Waals surface area contributed by atoms with Crippen LogP contribution in [-0.2, 0) is 11.3 Å². The topological polar surface area (TPSA) is 72.5 Å². The van der Waals surface area contributed by atoms with Crippen molar-refractivity contribution in [1.29, 1.82) is 0 Å². The van der Waals surface area contributed by atoms with E-state index in [1.54, 1.807) is 6.20 Å². The lowest BCUT2D eigenvalue weighted by molar-refractivity contribution is -0.118. The Balaban J connectivity index is 1.33. The van der Waals surface area contributed by atoms with Crippen molar-refractivity contribution in [2.24, 2.45) is 0 Å². The molecule has 150 valence electrons. The van der Waals surface area contributed by atoms with Gasteiger partial charge in [-0.05, 0) is 42.8 Å². The van der Waals surface area contributed by atoms with Crippen LogP contribution in [0.25, 0.3) is 0 Å². The van der Waals surface area contributed by atoms with Gasteiger partial charge < -0.3 is 20.1 Å². The molecule has 3 aromatic rings. The zero-order chi connectivity index (χ0) is 20.3. The molecule has 1 heterocycles. The molecule has 29 heavy (non-hydrogen) atoms. The fourth-order valence-corrected chi connectivity index (χ4v) is 2.58. The Bertz CT molecular complexity index is 882. The van der Waals surface area contributed by atoms with Crippen LogP contribution in [0.4, 0.5) is 5.69 Å². The fourth-order valence-electron chi connectivity index (χ4n) is 2.58. The van der Waals surface area contributed by atoms with Gasteiger partial charge in [-0.3, -0.25) is 4.79 Å². The van der Waals surface area contributed by atoms with E-state index in [1.807, 2.05) is 73.7 Å². The Morgan fingerprint density at radius 1 is 0.966 bits per heavy atom. The van der Waals surface area contributed by atoms with Crippen molar-refractivity contribution < 1.29 is 14.3 Å². The van der Waals surface area contributed by atoms with Crippen LogP contribution in [-0.4, -0.2) is 30.6 Å². The standard InChI is InChI=1S/C23H25N3O3/c1-18-5-9-20(10-6-18)26-22(27)17-29-21-11-7-19(8-12-21)16-24-14-15-28-23-4-2-3-13-25-23/h2-13,24H,14-17H2,1H3,(H,26,27). The van der Waals surface area contributed by atoms with Gasteiger partial charge in [0.05, 0.1) is 0 Å². The maximum atomic E-state index is 12.0. The van der Waals surface area contributed by atoms with E-state index < -0.39 is 0 Å². The van der Waals surface area contributed by atoms with Gasteiger partial charge in [0.1, 0.15) is 12.4 Å². The molecule has 0 fully saturated rings. The number of ether oxygens (including phenoxy) is 2. The van der Waals surface area contributed by atoms with Gasteiger partial charge >= 0.3 is 0 Å². The first-order valence-electron chi connectivity index (χ1n) is 9.52. The third-order valence-corrected chi connectivity index (χ3v) is 4.12. The third-order valence-electron chi connectivity index (χ3n) is 4.12. The first kappa shape index (κ1) is 20.4. The highest BCUT2D eigenvalue weighted by Gasteiger charge is 2.04. The highest BCUT2D eigenvalue weighted by atomic mass is 16.5. The molecule has 0 saturated carbocycles. The normalized spacial score (nSPS) is 10.4. The van der Waals surface area contributed by atoms with Crippen molar-refractivity contribution in [3.8, 4) is 11.6 Å². The number of benzene rings is 2. The van der Waals surface area contributed by atoms with Crippen LogP contribution in [0.1, 0.15) is 11.1 Å². The van der Waals surface area contributed by atoms with Crippen LogP contribution < -0.4 is 20.1 Å². The van der Waals surface area contributed by atoms with Gasteiger partial charge in [-0.1, -0.05) is 35.9 Å². The van der Waals surface area contributed by atoms with Crippen LogP contribution in [0.3, 0.4) is 0 Å². The van der Waals surface area contributed by atoms with E-state index in [4.69, 9.17) is 9.47 Å². The monoisotopic (exact) mass is 391 g/mol. The molecule has 3 rings (SSSR count). The second-order valence-electron chi connectivity index (χ2n) is 6.54. The number of hydrogen-bond donors (Lipinski definition) is 2. The second kappa shape index (κ2) is 10.8. The number of anilines is 1. The maximum absolute atomic E-state index is 12.0. The summed E-state index contributed by atoms with van der Waals surface area (Å²) in [5.41, 5.74) is 3.03. The Kier molecular flexibility index (Phi) is 7.60. The molecule has 0 atom stereocenters. The van der Waals surface area contributed by atoms with Crippen molar-refractivity contribution in [3.63, 3.8) is 0 Å². The Labute approximate surface area is 170 Å². The number of aromatic nitrogens is 1. The molecule has 6 heteroatoms. The van der Waals surface area contributed by atoms with Gasteiger partial charge in [-0.15, -0.1) is 0 Å². The van der Waals surface area contributed by atoms with Gasteiger partial charge in [0.25, 0.3) is 5.91 Å². The van der Waals surface area contributed by atoms with E-state index in [-0.39, 0.29) is 12.5 Å². The van der Waals surface area contributed by atoms with E-state index in [2.05, 4.69) is 15.6 Å². The van der Waals surface area contributed by atoms with E-state index in [0.717, 1.165) is 23.4 Å². The minimum absolute atomic E-state index is 0.0314. The lowest BCUT2D eigenvalue weighted by atomic mass is 10.2. The Hall–Kier alpha value is -3.38. The van der Waals surface area contributed by atoms with Crippen LogP contribution in [0.15, 0.2) is 72.9 Å². The van der Waals surface area contributed by atoms with Gasteiger partial charge in [-0.2, -0.15) is 0 Å². The number of aryl methyl sites for hydroxylation is 1. The van der Waals surface area contributed by atoms with Gasteiger partial charge in [0, 0.05) is 31.0 Å². The summed E-state index contributed by atoms with van der Waals surface area (Å²) in [5, 5.41) is 6.13. The van der Waals surface area contributed by atoms with Crippen molar-refractivity contribution in [2.75, 3.05) is 25.1 Å². The smallest absolute Gasteiger partial charge is 0.262 e. The zero-order valence-electron chi connectivity index (χ0n) is 16.4. The Morgan fingerprint density at radius 3 is 2.48 bits per heavy atom. The molecule has 2 aromatic carbocycles. The fraction of sp³-hybridized carbons (Fsp3) is 0.217. The van der Waals surface area contributed by atoms with Crippen molar-refractivity contribution >= 4 is 11.6 Å². The summed E-state index contributed by atoms with van der Waals surface area (Å²) in [5.74, 6) is 1.10. The molecule has 0 aliphatic heterocycles. The number of carbonyl (C=O) groups is 1. The van der Waals surface area contributed by atoms with Gasteiger partial charge in [-0.25, -0.2) is 4.98 Å². The summed E-state index contributed by atoms with van der Waals surface area (Å²) in [6, 6.07) is 20.9. The molecule has 2 N–H and O–H groups in total. The minimum atomic E-state index is -0.187. The Morgan fingerprint density at radius 2 is 1.76 bits per heavy atom. The molecule has 0 spiro atoms. The average Bonchev–Trinajstić information content (AvgIpc) is 2.75. The molecule has 1 aromatic heterocycles. The van der Waals surface area contributed by atoms with Gasteiger partial charge in [0.15, 0.2) is 6.61 Å². The number of amides is 1. The summed E-state index contributed by atoms with van der Waals surface area (Å²) < 4.78 is 11.1. The van der Waals surface area contributed by atoms with Crippen LogP contribution >= 0.6 is 0 Å². The summed E-state index contributed by atoms with van der Waals surface area (Å²) in [6.07, 6.45) is 1.71. The predicted molar refractivity (Wildman–Crippen MR) is 113 cm³/mol. The molecule has 6 nitrogen and oxygen atoms in total. The number of nitrogens with one attached hydrogen (secondary N) is 2. The number of pyridine rings is 1. The largest absolute Gasteiger partial charge is 0.484 e. The molecule has 0 unspecified atom stereocenters. The summed E-state index contributed by atoms with van der Waals surface area (Å²) >= 11 is 0. The van der Waals surface area contributed by atoms with E-state index in [9.17, 15) is 4.79 Å².